The number of hydrogen-bond donors (Lipinski definition) is 2. The molecule has 2 N–H and O–H groups in total. The van der Waals surface area contributed by atoms with Crippen molar-refractivity contribution >= 4 is 5.91 Å². The van der Waals surface area contributed by atoms with Gasteiger partial charge in [0.15, 0.2) is 0 Å². The van der Waals surface area contributed by atoms with Crippen LogP contribution >= 0.6 is 0 Å². The standard InChI is InChI=1S/C12H25N3O/c1-4-10(2)14-12(16)9-15-6-5-11(8-15)7-13-3/h10-11,13H,4-9H2,1-3H3,(H,14,16). The van der Waals surface area contributed by atoms with Crippen LogP contribution in [0.15, 0.2) is 0 Å². The van der Waals surface area contributed by atoms with Crippen LogP contribution in [-0.4, -0.2) is 50.1 Å². The quantitative estimate of drug-likeness (QED) is 0.692. The minimum absolute atomic E-state index is 0.166. The molecule has 0 radical (unpaired) electrons. The Morgan fingerprint density at radius 2 is 2.31 bits per heavy atom. The Kier molecular flexibility index (Phi) is 5.77. The van der Waals surface area contributed by atoms with Gasteiger partial charge in [-0.05, 0) is 45.8 Å². The average Bonchev–Trinajstić information content (AvgIpc) is 2.65. The minimum atomic E-state index is 0.166. The zero-order valence-electron chi connectivity index (χ0n) is 10.8. The van der Waals surface area contributed by atoms with Crippen molar-refractivity contribution in [3.63, 3.8) is 0 Å². The first-order valence-electron chi connectivity index (χ1n) is 6.32. The van der Waals surface area contributed by atoms with Gasteiger partial charge in [0, 0.05) is 12.6 Å². The van der Waals surface area contributed by atoms with Gasteiger partial charge >= 0.3 is 0 Å². The lowest BCUT2D eigenvalue weighted by Crippen LogP contribution is -2.40. The van der Waals surface area contributed by atoms with Crippen molar-refractivity contribution in [1.29, 1.82) is 0 Å². The number of hydrogen-bond acceptors (Lipinski definition) is 3. The highest BCUT2D eigenvalue weighted by atomic mass is 16.2. The third-order valence-corrected chi connectivity index (χ3v) is 3.25. The number of likely N-dealkylation sites (tertiary alicyclic amines) is 1. The highest BCUT2D eigenvalue weighted by Gasteiger charge is 2.23. The van der Waals surface area contributed by atoms with Crippen molar-refractivity contribution in [2.24, 2.45) is 5.92 Å². The molecule has 0 spiro atoms. The molecule has 16 heavy (non-hydrogen) atoms. The predicted molar refractivity (Wildman–Crippen MR) is 66.4 cm³/mol. The number of nitrogens with one attached hydrogen (secondary N) is 2. The smallest absolute Gasteiger partial charge is 0.234 e. The maximum Gasteiger partial charge on any atom is 0.234 e. The fourth-order valence-corrected chi connectivity index (χ4v) is 2.14. The van der Waals surface area contributed by atoms with E-state index >= 15 is 0 Å². The van der Waals surface area contributed by atoms with Crippen molar-refractivity contribution < 1.29 is 4.79 Å². The van der Waals surface area contributed by atoms with Crippen LogP contribution in [0.4, 0.5) is 0 Å². The van der Waals surface area contributed by atoms with Gasteiger partial charge in [0.25, 0.3) is 0 Å². The van der Waals surface area contributed by atoms with Gasteiger partial charge < -0.3 is 10.6 Å². The van der Waals surface area contributed by atoms with Gasteiger partial charge in [0.1, 0.15) is 0 Å². The summed E-state index contributed by atoms with van der Waals surface area (Å²) in [5.41, 5.74) is 0. The molecule has 1 fully saturated rings. The first kappa shape index (κ1) is 13.5. The van der Waals surface area contributed by atoms with Gasteiger partial charge in [-0.3, -0.25) is 9.69 Å². The number of nitrogens with zero attached hydrogens (tertiary/aromatic N) is 1. The van der Waals surface area contributed by atoms with E-state index in [0.717, 1.165) is 26.1 Å². The zero-order chi connectivity index (χ0) is 12.0. The molecule has 0 saturated carbocycles. The van der Waals surface area contributed by atoms with Crippen LogP contribution in [-0.2, 0) is 4.79 Å². The summed E-state index contributed by atoms with van der Waals surface area (Å²) in [5.74, 6) is 0.876. The Morgan fingerprint density at radius 1 is 1.56 bits per heavy atom. The molecule has 1 rings (SSSR count). The fourth-order valence-electron chi connectivity index (χ4n) is 2.14. The molecule has 4 nitrogen and oxygen atoms in total. The summed E-state index contributed by atoms with van der Waals surface area (Å²) in [5, 5.41) is 6.20. The lowest BCUT2D eigenvalue weighted by Gasteiger charge is -2.17. The molecule has 0 aromatic rings. The van der Waals surface area contributed by atoms with E-state index in [1.807, 2.05) is 14.0 Å². The van der Waals surface area contributed by atoms with E-state index in [9.17, 15) is 4.79 Å². The maximum absolute atomic E-state index is 11.7. The molecule has 1 aliphatic heterocycles. The molecule has 1 heterocycles. The van der Waals surface area contributed by atoms with Crippen LogP contribution in [0.5, 0.6) is 0 Å². The van der Waals surface area contributed by atoms with Crippen molar-refractivity contribution in [1.82, 2.24) is 15.5 Å². The molecule has 0 bridgehead atoms. The molecule has 0 aromatic carbocycles. The van der Waals surface area contributed by atoms with E-state index in [4.69, 9.17) is 0 Å². The minimum Gasteiger partial charge on any atom is -0.353 e. The predicted octanol–water partition coefficient (Wildman–Crippen LogP) is 0.442. The first-order chi connectivity index (χ1) is 7.65. The summed E-state index contributed by atoms with van der Waals surface area (Å²) < 4.78 is 0. The number of rotatable bonds is 6. The van der Waals surface area contributed by atoms with Gasteiger partial charge in [0.2, 0.25) is 5.91 Å². The Balaban J connectivity index is 2.20. The van der Waals surface area contributed by atoms with E-state index in [1.54, 1.807) is 0 Å². The third kappa shape index (κ3) is 4.49. The topological polar surface area (TPSA) is 44.4 Å². The lowest BCUT2D eigenvalue weighted by atomic mass is 10.1. The molecule has 0 aliphatic carbocycles. The van der Waals surface area contributed by atoms with Gasteiger partial charge in [-0.1, -0.05) is 6.92 Å². The second-order valence-electron chi connectivity index (χ2n) is 4.82. The van der Waals surface area contributed by atoms with Crippen LogP contribution in [0.25, 0.3) is 0 Å². The maximum atomic E-state index is 11.7. The summed E-state index contributed by atoms with van der Waals surface area (Å²) in [6.07, 6.45) is 2.20. The van der Waals surface area contributed by atoms with E-state index in [1.165, 1.54) is 6.42 Å². The Labute approximate surface area is 98.8 Å². The van der Waals surface area contributed by atoms with Crippen LogP contribution in [0.3, 0.4) is 0 Å². The Hall–Kier alpha value is -0.610. The molecule has 1 aliphatic rings. The van der Waals surface area contributed by atoms with E-state index in [0.29, 0.717) is 18.5 Å². The normalized spacial score (nSPS) is 23.3. The highest BCUT2D eigenvalue weighted by molar-refractivity contribution is 5.78. The molecule has 2 unspecified atom stereocenters. The SMILES string of the molecule is CCC(C)NC(=O)CN1CCC(CNC)C1. The number of carbonyl (C=O) groups is 1. The van der Waals surface area contributed by atoms with Crippen LogP contribution in [0, 0.1) is 5.92 Å². The Morgan fingerprint density at radius 3 is 2.94 bits per heavy atom. The van der Waals surface area contributed by atoms with Crippen LogP contribution < -0.4 is 10.6 Å². The first-order valence-corrected chi connectivity index (χ1v) is 6.32. The summed E-state index contributed by atoms with van der Waals surface area (Å²) in [6, 6.07) is 0.295. The van der Waals surface area contributed by atoms with Gasteiger partial charge in [-0.25, -0.2) is 0 Å². The second kappa shape index (κ2) is 6.86. The van der Waals surface area contributed by atoms with Crippen molar-refractivity contribution in [2.75, 3.05) is 33.2 Å². The zero-order valence-corrected chi connectivity index (χ0v) is 10.8. The molecule has 2 atom stereocenters. The van der Waals surface area contributed by atoms with Crippen molar-refractivity contribution in [3.8, 4) is 0 Å². The number of amides is 1. The largest absolute Gasteiger partial charge is 0.353 e. The monoisotopic (exact) mass is 227 g/mol. The molecular formula is C12H25N3O. The molecule has 0 aromatic heterocycles. The highest BCUT2D eigenvalue weighted by Crippen LogP contribution is 2.14. The van der Waals surface area contributed by atoms with Crippen LogP contribution in [0.1, 0.15) is 26.7 Å². The van der Waals surface area contributed by atoms with Gasteiger partial charge in [-0.2, -0.15) is 0 Å². The summed E-state index contributed by atoms with van der Waals surface area (Å²) in [7, 11) is 1.98. The van der Waals surface area contributed by atoms with Gasteiger partial charge in [-0.15, -0.1) is 0 Å². The van der Waals surface area contributed by atoms with Crippen LogP contribution in [0.2, 0.25) is 0 Å². The molecular weight excluding hydrogens is 202 g/mol. The number of carbonyl (C=O) groups excluding carboxylic acids is 1. The van der Waals surface area contributed by atoms with Crippen molar-refractivity contribution in [3.05, 3.63) is 0 Å². The summed E-state index contributed by atoms with van der Waals surface area (Å²) in [6.45, 7) is 7.86. The summed E-state index contributed by atoms with van der Waals surface area (Å²) in [4.78, 5) is 13.9. The van der Waals surface area contributed by atoms with E-state index in [2.05, 4.69) is 22.5 Å². The molecule has 94 valence electrons. The lowest BCUT2D eigenvalue weighted by molar-refractivity contribution is -0.122. The van der Waals surface area contributed by atoms with E-state index < -0.39 is 0 Å². The molecule has 1 saturated heterocycles. The average molecular weight is 227 g/mol. The molecule has 4 heteroatoms. The fraction of sp³-hybridized carbons (Fsp3) is 0.917. The third-order valence-electron chi connectivity index (χ3n) is 3.25. The molecule has 1 amide bonds. The Bertz CT molecular complexity index is 220. The van der Waals surface area contributed by atoms with Gasteiger partial charge in [0.05, 0.1) is 6.54 Å². The van der Waals surface area contributed by atoms with E-state index in [-0.39, 0.29) is 5.91 Å². The summed E-state index contributed by atoms with van der Waals surface area (Å²) >= 11 is 0. The van der Waals surface area contributed by atoms with Crippen molar-refractivity contribution in [2.45, 2.75) is 32.7 Å². The second-order valence-corrected chi connectivity index (χ2v) is 4.82.